The van der Waals surface area contributed by atoms with Crippen LogP contribution in [0, 0.1) is 6.92 Å². The number of carbonyl (C=O) groups excluding carboxylic acids is 2. The number of aryl methyl sites for hydroxylation is 2. The summed E-state index contributed by atoms with van der Waals surface area (Å²) in [6, 6.07) is 9.90. The summed E-state index contributed by atoms with van der Waals surface area (Å²) in [6.07, 6.45) is -3.79. The molecule has 2 aromatic heterocycles. The van der Waals surface area contributed by atoms with E-state index in [1.54, 1.807) is 17.0 Å². The van der Waals surface area contributed by atoms with Gasteiger partial charge in [0, 0.05) is 48.7 Å². The Kier molecular flexibility index (Phi) is 5.62. The molecule has 10 heteroatoms. The van der Waals surface area contributed by atoms with Gasteiger partial charge in [-0.1, -0.05) is 18.2 Å². The van der Waals surface area contributed by atoms with Crippen molar-refractivity contribution in [1.29, 1.82) is 0 Å². The van der Waals surface area contributed by atoms with E-state index >= 15 is 0 Å². The van der Waals surface area contributed by atoms with E-state index in [4.69, 9.17) is 5.73 Å². The highest BCUT2D eigenvalue weighted by Gasteiger charge is 2.34. The molecule has 3 aromatic rings. The number of amides is 2. The highest BCUT2D eigenvalue weighted by Crippen LogP contribution is 2.30. The van der Waals surface area contributed by atoms with Gasteiger partial charge in [-0.15, -0.1) is 0 Å². The lowest BCUT2D eigenvalue weighted by Crippen LogP contribution is -2.29. The molecule has 1 fully saturated rings. The number of fused-ring (bicyclic) bond motifs is 1. The number of carbonyl (C=O) groups is 2. The minimum atomic E-state index is -4.52. The van der Waals surface area contributed by atoms with Crippen LogP contribution in [0.25, 0.3) is 10.9 Å². The SMILES string of the molecule is Cc1cc(C(F)(F)F)nn1CCC(=O)N1CCC(c2cc(C(N)=O)c3ccccc3n2)C1. The van der Waals surface area contributed by atoms with E-state index in [2.05, 4.69) is 10.1 Å². The lowest BCUT2D eigenvalue weighted by atomic mass is 9.99. The van der Waals surface area contributed by atoms with Crippen molar-refractivity contribution >= 4 is 22.7 Å². The number of halogens is 3. The Morgan fingerprint density at radius 2 is 1.97 bits per heavy atom. The summed E-state index contributed by atoms with van der Waals surface area (Å²) in [5.41, 5.74) is 6.70. The summed E-state index contributed by atoms with van der Waals surface area (Å²) < 4.78 is 39.7. The van der Waals surface area contributed by atoms with Crippen LogP contribution in [-0.2, 0) is 17.5 Å². The number of likely N-dealkylation sites (tertiary alicyclic amines) is 1. The molecule has 168 valence electrons. The third-order valence-corrected chi connectivity index (χ3v) is 5.77. The fourth-order valence-electron chi connectivity index (χ4n) is 4.07. The number of hydrogen-bond acceptors (Lipinski definition) is 4. The van der Waals surface area contributed by atoms with Crippen molar-refractivity contribution < 1.29 is 22.8 Å². The molecule has 1 atom stereocenters. The topological polar surface area (TPSA) is 94.1 Å². The molecule has 0 saturated carbocycles. The quantitative estimate of drug-likeness (QED) is 0.652. The second-order valence-corrected chi connectivity index (χ2v) is 7.94. The molecular formula is C22H22F3N5O2. The number of pyridine rings is 1. The second kappa shape index (κ2) is 8.25. The van der Waals surface area contributed by atoms with Gasteiger partial charge in [-0.3, -0.25) is 19.3 Å². The van der Waals surface area contributed by atoms with Crippen molar-refractivity contribution in [1.82, 2.24) is 19.7 Å². The molecule has 0 radical (unpaired) electrons. The summed E-state index contributed by atoms with van der Waals surface area (Å²) >= 11 is 0. The van der Waals surface area contributed by atoms with Gasteiger partial charge in [-0.25, -0.2) is 0 Å². The Morgan fingerprint density at radius 3 is 2.66 bits per heavy atom. The molecule has 1 aliphatic heterocycles. The molecule has 32 heavy (non-hydrogen) atoms. The van der Waals surface area contributed by atoms with Crippen molar-refractivity contribution in [2.45, 2.75) is 38.4 Å². The normalized spacial score (nSPS) is 16.6. The summed E-state index contributed by atoms with van der Waals surface area (Å²) in [5.74, 6) is -0.750. The minimum Gasteiger partial charge on any atom is -0.366 e. The van der Waals surface area contributed by atoms with Crippen LogP contribution in [0.5, 0.6) is 0 Å². The van der Waals surface area contributed by atoms with Crippen molar-refractivity contribution in [3.8, 4) is 0 Å². The summed E-state index contributed by atoms with van der Waals surface area (Å²) in [6.45, 7) is 2.53. The van der Waals surface area contributed by atoms with Gasteiger partial charge in [0.25, 0.3) is 0 Å². The van der Waals surface area contributed by atoms with E-state index in [1.807, 2.05) is 18.2 Å². The Morgan fingerprint density at radius 1 is 1.22 bits per heavy atom. The molecule has 0 spiro atoms. The van der Waals surface area contributed by atoms with Crippen LogP contribution < -0.4 is 5.73 Å². The van der Waals surface area contributed by atoms with Gasteiger partial charge >= 0.3 is 6.18 Å². The molecule has 7 nitrogen and oxygen atoms in total. The molecule has 0 aliphatic carbocycles. The Balaban J connectivity index is 1.44. The largest absolute Gasteiger partial charge is 0.435 e. The lowest BCUT2D eigenvalue weighted by Gasteiger charge is -2.17. The number of primary amides is 1. The number of para-hydroxylation sites is 1. The van der Waals surface area contributed by atoms with Crippen LogP contribution in [0.15, 0.2) is 36.4 Å². The van der Waals surface area contributed by atoms with Crippen molar-refractivity contribution in [2.75, 3.05) is 13.1 Å². The molecule has 1 aromatic carbocycles. The van der Waals surface area contributed by atoms with Crippen LogP contribution in [-0.4, -0.2) is 44.6 Å². The number of alkyl halides is 3. The Bertz CT molecular complexity index is 1190. The zero-order valence-corrected chi connectivity index (χ0v) is 17.4. The smallest absolute Gasteiger partial charge is 0.366 e. The standard InChI is InChI=1S/C22H22F3N5O2/c1-13-10-19(22(23,24)25)28-30(13)9-7-20(31)29-8-6-14(12-29)18-11-16(21(26)32)15-4-2-3-5-17(15)27-18/h2-5,10-11,14H,6-9,12H2,1H3,(H2,26,32). The Hall–Kier alpha value is -3.43. The van der Waals surface area contributed by atoms with E-state index < -0.39 is 17.8 Å². The zero-order chi connectivity index (χ0) is 23.0. The number of benzene rings is 1. The third-order valence-electron chi connectivity index (χ3n) is 5.77. The highest BCUT2D eigenvalue weighted by molar-refractivity contribution is 6.05. The van der Waals surface area contributed by atoms with E-state index in [0.717, 1.165) is 6.07 Å². The molecule has 1 aliphatic rings. The van der Waals surface area contributed by atoms with Crippen LogP contribution in [0.1, 0.15) is 46.2 Å². The first-order chi connectivity index (χ1) is 15.1. The first kappa shape index (κ1) is 21.8. The van der Waals surface area contributed by atoms with E-state index in [0.29, 0.717) is 47.4 Å². The van der Waals surface area contributed by atoms with Gasteiger partial charge in [0.2, 0.25) is 11.8 Å². The van der Waals surface area contributed by atoms with Crippen LogP contribution in [0.4, 0.5) is 13.2 Å². The monoisotopic (exact) mass is 445 g/mol. The summed E-state index contributed by atoms with van der Waals surface area (Å²) in [5, 5.41) is 4.25. The fourth-order valence-corrected chi connectivity index (χ4v) is 4.07. The molecule has 3 heterocycles. The lowest BCUT2D eigenvalue weighted by molar-refractivity contribution is -0.141. The molecule has 2 amide bonds. The maximum absolute atomic E-state index is 12.8. The van der Waals surface area contributed by atoms with Crippen molar-refractivity contribution in [3.05, 3.63) is 59.0 Å². The maximum atomic E-state index is 12.8. The van der Waals surface area contributed by atoms with Gasteiger partial charge in [-0.2, -0.15) is 18.3 Å². The number of aromatic nitrogens is 3. The number of hydrogen-bond donors (Lipinski definition) is 1. The van der Waals surface area contributed by atoms with E-state index in [1.165, 1.54) is 11.6 Å². The van der Waals surface area contributed by atoms with Gasteiger partial charge in [-0.05, 0) is 31.5 Å². The number of rotatable bonds is 5. The average molecular weight is 445 g/mol. The Labute approximate surface area is 182 Å². The second-order valence-electron chi connectivity index (χ2n) is 7.94. The van der Waals surface area contributed by atoms with E-state index in [9.17, 15) is 22.8 Å². The average Bonchev–Trinajstić information content (AvgIpc) is 3.38. The van der Waals surface area contributed by atoms with Crippen molar-refractivity contribution in [2.24, 2.45) is 5.73 Å². The molecule has 2 N–H and O–H groups in total. The van der Waals surface area contributed by atoms with Crippen LogP contribution >= 0.6 is 0 Å². The molecule has 4 rings (SSSR count). The molecule has 0 bridgehead atoms. The maximum Gasteiger partial charge on any atom is 0.435 e. The predicted molar refractivity (Wildman–Crippen MR) is 111 cm³/mol. The first-order valence-corrected chi connectivity index (χ1v) is 10.2. The third kappa shape index (κ3) is 4.30. The molecular weight excluding hydrogens is 423 g/mol. The minimum absolute atomic E-state index is 0.0459. The number of nitrogens with zero attached hydrogens (tertiary/aromatic N) is 4. The van der Waals surface area contributed by atoms with Gasteiger partial charge < -0.3 is 10.6 Å². The highest BCUT2D eigenvalue weighted by atomic mass is 19.4. The molecule has 1 saturated heterocycles. The number of nitrogens with two attached hydrogens (primary N) is 1. The summed E-state index contributed by atoms with van der Waals surface area (Å²) in [4.78, 5) is 30.9. The first-order valence-electron chi connectivity index (χ1n) is 10.2. The van der Waals surface area contributed by atoms with Gasteiger partial charge in [0.15, 0.2) is 5.69 Å². The van der Waals surface area contributed by atoms with Gasteiger partial charge in [0.1, 0.15) is 0 Å². The zero-order valence-electron chi connectivity index (χ0n) is 17.4. The fraction of sp³-hybridized carbons (Fsp3) is 0.364. The summed E-state index contributed by atoms with van der Waals surface area (Å²) in [7, 11) is 0. The van der Waals surface area contributed by atoms with Gasteiger partial charge in [0.05, 0.1) is 11.1 Å². The molecule has 1 unspecified atom stereocenters. The van der Waals surface area contributed by atoms with Crippen LogP contribution in [0.2, 0.25) is 0 Å². The van der Waals surface area contributed by atoms with Crippen molar-refractivity contribution in [3.63, 3.8) is 0 Å². The predicted octanol–water partition coefficient (Wildman–Crippen LogP) is 3.26. The van der Waals surface area contributed by atoms with E-state index in [-0.39, 0.29) is 24.8 Å². The van der Waals surface area contributed by atoms with Crippen LogP contribution in [0.3, 0.4) is 0 Å².